The number of hydrogen-bond acceptors (Lipinski definition) is 4. The number of aromatic carboxylic acids is 1. The van der Waals surface area contributed by atoms with E-state index in [-0.39, 0.29) is 12.5 Å². The largest absolute Gasteiger partial charge is 0.478 e. The van der Waals surface area contributed by atoms with Crippen molar-refractivity contribution in [3.63, 3.8) is 0 Å². The molecule has 10 heteroatoms. The number of rotatable bonds is 3. The molecule has 1 aromatic carbocycles. The second kappa shape index (κ2) is 6.15. The Balaban J connectivity index is 2.30. The number of alkyl halides is 3. The normalized spacial score (nSPS) is 15.1. The Labute approximate surface area is 128 Å². The number of carboxylic acids is 1. The van der Waals surface area contributed by atoms with Crippen molar-refractivity contribution >= 4 is 29.2 Å². The van der Waals surface area contributed by atoms with Gasteiger partial charge in [0.1, 0.15) is 0 Å². The highest BCUT2D eigenvalue weighted by Gasteiger charge is 2.39. The molecule has 124 valence electrons. The molecule has 0 spiro atoms. The van der Waals surface area contributed by atoms with Crippen LogP contribution in [0.5, 0.6) is 0 Å². The van der Waals surface area contributed by atoms with E-state index < -0.39 is 29.3 Å². The van der Waals surface area contributed by atoms with Crippen molar-refractivity contribution in [3.8, 4) is 0 Å². The molecule has 0 unspecified atom stereocenters. The average Bonchev–Trinajstić information content (AvgIpc) is 2.46. The molecule has 0 radical (unpaired) electrons. The summed E-state index contributed by atoms with van der Waals surface area (Å²) in [6.45, 7) is 0.806. The Bertz CT molecular complexity index is 660. The third-order valence-corrected chi connectivity index (χ3v) is 3.14. The summed E-state index contributed by atoms with van der Waals surface area (Å²) in [6, 6.07) is 3.53. The van der Waals surface area contributed by atoms with Crippen molar-refractivity contribution in [2.75, 3.05) is 29.9 Å². The van der Waals surface area contributed by atoms with E-state index in [0.29, 0.717) is 18.8 Å². The number of nitrogens with zero attached hydrogens (tertiary/aromatic N) is 1. The molecular weight excluding hydrogens is 319 g/mol. The highest BCUT2D eigenvalue weighted by molar-refractivity contribution is 6.03. The summed E-state index contributed by atoms with van der Waals surface area (Å²) in [5.41, 5.74) is -0.599. The number of halogens is 3. The summed E-state index contributed by atoms with van der Waals surface area (Å²) < 4.78 is 36.8. The van der Waals surface area contributed by atoms with Gasteiger partial charge in [0.15, 0.2) is 0 Å². The van der Waals surface area contributed by atoms with Gasteiger partial charge in [-0.2, -0.15) is 13.2 Å². The van der Waals surface area contributed by atoms with Crippen LogP contribution in [0.25, 0.3) is 0 Å². The van der Waals surface area contributed by atoms with Crippen LogP contribution in [-0.4, -0.2) is 48.7 Å². The van der Waals surface area contributed by atoms with Crippen LogP contribution < -0.4 is 15.5 Å². The molecule has 0 atom stereocenters. The Morgan fingerprint density at radius 2 is 2.00 bits per heavy atom. The molecule has 7 nitrogen and oxygen atoms in total. The summed E-state index contributed by atoms with van der Waals surface area (Å²) in [6.07, 6.45) is -5.13. The first-order valence-corrected chi connectivity index (χ1v) is 6.45. The fraction of sp³-hybridized carbons (Fsp3) is 0.308. The highest BCUT2D eigenvalue weighted by atomic mass is 19.4. The van der Waals surface area contributed by atoms with E-state index in [4.69, 9.17) is 5.11 Å². The molecule has 1 aliphatic heterocycles. The second-order valence-corrected chi connectivity index (χ2v) is 4.76. The summed E-state index contributed by atoms with van der Waals surface area (Å²) in [7, 11) is 0. The minimum Gasteiger partial charge on any atom is -0.478 e. The van der Waals surface area contributed by atoms with Gasteiger partial charge in [-0.05, 0) is 18.2 Å². The van der Waals surface area contributed by atoms with E-state index >= 15 is 0 Å². The molecule has 1 heterocycles. The first kappa shape index (κ1) is 16.6. The van der Waals surface area contributed by atoms with E-state index in [1.165, 1.54) is 11.4 Å². The lowest BCUT2D eigenvalue weighted by Gasteiger charge is -2.29. The zero-order chi connectivity index (χ0) is 17.2. The SMILES string of the molecule is O=C1CN(c2ccc(NC(=O)C(F)(F)F)c(C(=O)O)c2)CCN1. The van der Waals surface area contributed by atoms with Crippen molar-refractivity contribution in [2.45, 2.75) is 6.18 Å². The fourth-order valence-corrected chi connectivity index (χ4v) is 2.07. The molecule has 3 N–H and O–H groups in total. The number of carbonyl (C=O) groups is 3. The molecule has 1 saturated heterocycles. The van der Waals surface area contributed by atoms with Crippen LogP contribution in [0.3, 0.4) is 0 Å². The summed E-state index contributed by atoms with van der Waals surface area (Å²) in [5.74, 6) is -4.00. The molecule has 1 aliphatic rings. The number of benzene rings is 1. The number of piperazine rings is 1. The smallest absolute Gasteiger partial charge is 0.471 e. The minimum atomic E-state index is -5.13. The van der Waals surface area contributed by atoms with Gasteiger partial charge in [-0.1, -0.05) is 0 Å². The molecule has 0 aliphatic carbocycles. The van der Waals surface area contributed by atoms with Crippen molar-refractivity contribution in [1.29, 1.82) is 0 Å². The van der Waals surface area contributed by atoms with Crippen LogP contribution in [0.15, 0.2) is 18.2 Å². The first-order chi connectivity index (χ1) is 10.7. The fourth-order valence-electron chi connectivity index (χ4n) is 2.07. The highest BCUT2D eigenvalue weighted by Crippen LogP contribution is 2.26. The van der Waals surface area contributed by atoms with Gasteiger partial charge in [-0.25, -0.2) is 4.79 Å². The predicted octanol–water partition coefficient (Wildman–Crippen LogP) is 0.822. The maximum atomic E-state index is 12.3. The topological polar surface area (TPSA) is 98.7 Å². The molecular formula is C13H12F3N3O4. The monoisotopic (exact) mass is 331 g/mol. The van der Waals surface area contributed by atoms with Crippen LogP contribution in [-0.2, 0) is 9.59 Å². The zero-order valence-corrected chi connectivity index (χ0v) is 11.6. The first-order valence-electron chi connectivity index (χ1n) is 6.45. The van der Waals surface area contributed by atoms with Gasteiger partial charge in [0.05, 0.1) is 17.8 Å². The van der Waals surface area contributed by atoms with Crippen LogP contribution in [0.1, 0.15) is 10.4 Å². The Morgan fingerprint density at radius 3 is 2.57 bits per heavy atom. The second-order valence-electron chi connectivity index (χ2n) is 4.76. The summed E-state index contributed by atoms with van der Waals surface area (Å²) in [4.78, 5) is 35.1. The molecule has 0 bridgehead atoms. The Morgan fingerprint density at radius 1 is 1.30 bits per heavy atom. The van der Waals surface area contributed by atoms with E-state index in [1.807, 2.05) is 0 Å². The Hall–Kier alpha value is -2.78. The Kier molecular flexibility index (Phi) is 4.43. The molecule has 2 amide bonds. The lowest BCUT2D eigenvalue weighted by Crippen LogP contribution is -2.47. The number of amides is 2. The number of nitrogens with one attached hydrogen (secondary N) is 2. The standard InChI is InChI=1S/C13H12F3N3O4/c14-13(15,16)12(23)18-9-2-1-7(5-8(9)11(21)22)19-4-3-17-10(20)6-19/h1-2,5H,3-4,6H2,(H,17,20)(H,18,23)(H,21,22). The number of carboxylic acid groups (broad SMARTS) is 1. The van der Waals surface area contributed by atoms with Crippen molar-refractivity contribution in [1.82, 2.24) is 5.32 Å². The van der Waals surface area contributed by atoms with Gasteiger partial charge in [0, 0.05) is 18.8 Å². The molecule has 1 fully saturated rings. The van der Waals surface area contributed by atoms with Crippen LogP contribution in [0.2, 0.25) is 0 Å². The van der Waals surface area contributed by atoms with Gasteiger partial charge in [0.2, 0.25) is 5.91 Å². The van der Waals surface area contributed by atoms with E-state index in [0.717, 1.165) is 12.1 Å². The lowest BCUT2D eigenvalue weighted by molar-refractivity contribution is -0.167. The quantitative estimate of drug-likeness (QED) is 0.762. The third-order valence-electron chi connectivity index (χ3n) is 3.14. The van der Waals surface area contributed by atoms with E-state index in [1.54, 1.807) is 4.90 Å². The molecule has 0 aromatic heterocycles. The number of carbonyl (C=O) groups excluding carboxylic acids is 2. The maximum absolute atomic E-state index is 12.3. The maximum Gasteiger partial charge on any atom is 0.471 e. The van der Waals surface area contributed by atoms with Crippen molar-refractivity contribution in [2.24, 2.45) is 0 Å². The van der Waals surface area contributed by atoms with Crippen molar-refractivity contribution in [3.05, 3.63) is 23.8 Å². The predicted molar refractivity (Wildman–Crippen MR) is 73.3 cm³/mol. The summed E-state index contributed by atoms with van der Waals surface area (Å²) in [5, 5.41) is 13.2. The minimum absolute atomic E-state index is 0.00726. The number of anilines is 2. The van der Waals surface area contributed by atoms with Crippen LogP contribution in [0, 0.1) is 0 Å². The number of hydrogen-bond donors (Lipinski definition) is 3. The van der Waals surface area contributed by atoms with Gasteiger partial charge in [0.25, 0.3) is 0 Å². The molecule has 0 saturated carbocycles. The molecule has 1 aromatic rings. The zero-order valence-electron chi connectivity index (χ0n) is 11.6. The third kappa shape index (κ3) is 3.90. The van der Waals surface area contributed by atoms with Crippen LogP contribution >= 0.6 is 0 Å². The summed E-state index contributed by atoms with van der Waals surface area (Å²) >= 11 is 0. The average molecular weight is 331 g/mol. The van der Waals surface area contributed by atoms with Crippen molar-refractivity contribution < 1.29 is 32.7 Å². The van der Waals surface area contributed by atoms with Crippen LogP contribution in [0.4, 0.5) is 24.5 Å². The van der Waals surface area contributed by atoms with E-state index in [9.17, 15) is 27.6 Å². The van der Waals surface area contributed by atoms with Gasteiger partial charge < -0.3 is 20.6 Å². The molecule has 23 heavy (non-hydrogen) atoms. The van der Waals surface area contributed by atoms with Gasteiger partial charge >= 0.3 is 18.1 Å². The lowest BCUT2D eigenvalue weighted by atomic mass is 10.1. The molecule has 2 rings (SSSR count). The van der Waals surface area contributed by atoms with Gasteiger partial charge in [-0.3, -0.25) is 9.59 Å². The van der Waals surface area contributed by atoms with E-state index in [2.05, 4.69) is 5.32 Å². The van der Waals surface area contributed by atoms with Gasteiger partial charge in [-0.15, -0.1) is 0 Å².